The smallest absolute Gasteiger partial charge is 0.129 e. The first-order chi connectivity index (χ1) is 7.70. The van der Waals surface area contributed by atoms with Crippen molar-refractivity contribution in [3.63, 3.8) is 0 Å². The summed E-state index contributed by atoms with van der Waals surface area (Å²) in [5, 5.41) is 9.97. The van der Waals surface area contributed by atoms with E-state index in [9.17, 15) is 5.11 Å². The summed E-state index contributed by atoms with van der Waals surface area (Å²) in [4.78, 5) is 6.86. The molecule has 1 aliphatic heterocycles. The number of aromatic nitrogens is 1. The number of anilines is 1. The maximum atomic E-state index is 9.97. The van der Waals surface area contributed by atoms with E-state index in [1.54, 1.807) is 0 Å². The van der Waals surface area contributed by atoms with E-state index in [0.717, 1.165) is 31.7 Å². The fourth-order valence-electron chi connectivity index (χ4n) is 2.63. The van der Waals surface area contributed by atoms with Crippen molar-refractivity contribution >= 4 is 5.82 Å². The lowest BCUT2D eigenvalue weighted by atomic mass is 9.91. The molecule has 0 radical (unpaired) electrons. The van der Waals surface area contributed by atoms with Crippen LogP contribution >= 0.6 is 0 Å². The van der Waals surface area contributed by atoms with Crippen LogP contribution in [0.4, 0.5) is 5.82 Å². The molecule has 1 saturated heterocycles. The zero-order valence-corrected chi connectivity index (χ0v) is 9.74. The van der Waals surface area contributed by atoms with Gasteiger partial charge in [-0.1, -0.05) is 13.0 Å². The molecule has 1 aromatic rings. The minimum atomic E-state index is -0.472. The summed E-state index contributed by atoms with van der Waals surface area (Å²) in [6.45, 7) is 3.50. The molecule has 1 aliphatic carbocycles. The summed E-state index contributed by atoms with van der Waals surface area (Å²) in [5.41, 5.74) is 2.21. The maximum absolute atomic E-state index is 9.97. The Hall–Kier alpha value is -1.09. The van der Waals surface area contributed by atoms with Crippen molar-refractivity contribution in [2.24, 2.45) is 0 Å². The van der Waals surface area contributed by atoms with Gasteiger partial charge in [-0.25, -0.2) is 4.98 Å². The first kappa shape index (κ1) is 10.1. The minimum absolute atomic E-state index is 0.472. The van der Waals surface area contributed by atoms with Gasteiger partial charge in [0, 0.05) is 18.8 Å². The first-order valence-electron chi connectivity index (χ1n) is 6.16. The SMILES string of the molecule is CCC1(O)CN(c2ccc3c(n2)CCC3)C1. The summed E-state index contributed by atoms with van der Waals surface area (Å²) in [6.07, 6.45) is 4.37. The molecule has 3 nitrogen and oxygen atoms in total. The van der Waals surface area contributed by atoms with Gasteiger partial charge in [-0.2, -0.15) is 0 Å². The van der Waals surface area contributed by atoms with E-state index in [1.165, 1.54) is 24.1 Å². The predicted octanol–water partition coefficient (Wildman–Crippen LogP) is 1.53. The molecule has 2 aliphatic rings. The monoisotopic (exact) mass is 218 g/mol. The van der Waals surface area contributed by atoms with E-state index in [1.807, 2.05) is 6.92 Å². The van der Waals surface area contributed by atoms with Crippen molar-refractivity contribution in [3.05, 3.63) is 23.4 Å². The van der Waals surface area contributed by atoms with Crippen LogP contribution < -0.4 is 4.90 Å². The molecule has 0 amide bonds. The summed E-state index contributed by atoms with van der Waals surface area (Å²) in [5.74, 6) is 1.04. The zero-order valence-electron chi connectivity index (χ0n) is 9.74. The molecular weight excluding hydrogens is 200 g/mol. The molecule has 16 heavy (non-hydrogen) atoms. The molecule has 3 heteroatoms. The van der Waals surface area contributed by atoms with Crippen LogP contribution in [0.3, 0.4) is 0 Å². The number of rotatable bonds is 2. The van der Waals surface area contributed by atoms with Crippen LogP contribution in [0.5, 0.6) is 0 Å². The summed E-state index contributed by atoms with van der Waals surface area (Å²) < 4.78 is 0. The quantitative estimate of drug-likeness (QED) is 0.818. The number of hydrogen-bond donors (Lipinski definition) is 1. The topological polar surface area (TPSA) is 36.4 Å². The Labute approximate surface area is 96.1 Å². The first-order valence-corrected chi connectivity index (χ1v) is 6.16. The Balaban J connectivity index is 1.77. The molecule has 3 rings (SSSR count). The van der Waals surface area contributed by atoms with Crippen molar-refractivity contribution in [1.82, 2.24) is 4.98 Å². The molecule has 0 spiro atoms. The van der Waals surface area contributed by atoms with Crippen LogP contribution in [0.2, 0.25) is 0 Å². The summed E-state index contributed by atoms with van der Waals surface area (Å²) in [7, 11) is 0. The Morgan fingerprint density at radius 2 is 2.19 bits per heavy atom. The van der Waals surface area contributed by atoms with Gasteiger partial charge < -0.3 is 10.0 Å². The van der Waals surface area contributed by atoms with Crippen LogP contribution in [0.25, 0.3) is 0 Å². The molecule has 0 unspecified atom stereocenters. The minimum Gasteiger partial charge on any atom is -0.386 e. The second kappa shape index (κ2) is 3.45. The van der Waals surface area contributed by atoms with Gasteiger partial charge in [0.05, 0.1) is 5.60 Å². The van der Waals surface area contributed by atoms with Crippen LogP contribution in [0, 0.1) is 0 Å². The number of aliphatic hydroxyl groups is 1. The van der Waals surface area contributed by atoms with E-state index in [4.69, 9.17) is 0 Å². The molecule has 0 aromatic carbocycles. The van der Waals surface area contributed by atoms with E-state index in [-0.39, 0.29) is 0 Å². The van der Waals surface area contributed by atoms with Crippen LogP contribution in [0.1, 0.15) is 31.0 Å². The third kappa shape index (κ3) is 1.50. The van der Waals surface area contributed by atoms with E-state index < -0.39 is 5.60 Å². The van der Waals surface area contributed by atoms with Crippen LogP contribution in [0.15, 0.2) is 12.1 Å². The third-order valence-electron chi connectivity index (χ3n) is 3.87. The van der Waals surface area contributed by atoms with E-state index >= 15 is 0 Å². The van der Waals surface area contributed by atoms with Gasteiger partial charge in [0.2, 0.25) is 0 Å². The Kier molecular flexibility index (Phi) is 2.18. The van der Waals surface area contributed by atoms with E-state index in [0.29, 0.717) is 0 Å². The highest BCUT2D eigenvalue weighted by molar-refractivity contribution is 5.47. The molecule has 1 N–H and O–H groups in total. The fraction of sp³-hybridized carbons (Fsp3) is 0.615. The number of nitrogens with zero attached hydrogens (tertiary/aromatic N) is 2. The van der Waals surface area contributed by atoms with Crippen molar-refractivity contribution in [2.75, 3.05) is 18.0 Å². The van der Waals surface area contributed by atoms with Crippen molar-refractivity contribution in [2.45, 2.75) is 38.2 Å². The van der Waals surface area contributed by atoms with Crippen LogP contribution in [-0.2, 0) is 12.8 Å². The number of pyridine rings is 1. The standard InChI is InChI=1S/C13H18N2O/c1-2-13(16)8-15(9-13)12-7-6-10-4-3-5-11(10)14-12/h6-7,16H,2-5,8-9H2,1H3. The van der Waals surface area contributed by atoms with Crippen molar-refractivity contribution < 1.29 is 5.11 Å². The van der Waals surface area contributed by atoms with Crippen molar-refractivity contribution in [3.8, 4) is 0 Å². The largest absolute Gasteiger partial charge is 0.386 e. The highest BCUT2D eigenvalue weighted by Gasteiger charge is 2.40. The average molecular weight is 218 g/mol. The zero-order chi connectivity index (χ0) is 11.2. The number of β-amino-alcohol motifs (C(OH)–C–C–N with tert-alkyl or cyclic N) is 1. The second-order valence-corrected chi connectivity index (χ2v) is 5.06. The molecule has 1 fully saturated rings. The number of hydrogen-bond acceptors (Lipinski definition) is 3. The lowest BCUT2D eigenvalue weighted by molar-refractivity contribution is 0.00805. The highest BCUT2D eigenvalue weighted by Crippen LogP contribution is 2.30. The normalized spacial score (nSPS) is 21.8. The second-order valence-electron chi connectivity index (χ2n) is 5.06. The van der Waals surface area contributed by atoms with Gasteiger partial charge in [0.15, 0.2) is 0 Å². The summed E-state index contributed by atoms with van der Waals surface area (Å²) >= 11 is 0. The van der Waals surface area contributed by atoms with Gasteiger partial charge in [0.1, 0.15) is 5.82 Å². The Bertz CT molecular complexity index is 410. The third-order valence-corrected chi connectivity index (χ3v) is 3.87. The molecule has 86 valence electrons. The van der Waals surface area contributed by atoms with Gasteiger partial charge in [-0.15, -0.1) is 0 Å². The maximum Gasteiger partial charge on any atom is 0.129 e. The molecule has 0 atom stereocenters. The van der Waals surface area contributed by atoms with Crippen LogP contribution in [-0.4, -0.2) is 28.8 Å². The molecule has 0 saturated carbocycles. The Morgan fingerprint density at radius 3 is 2.94 bits per heavy atom. The molecular formula is C13H18N2O. The number of fused-ring (bicyclic) bond motifs is 1. The highest BCUT2D eigenvalue weighted by atomic mass is 16.3. The fourth-order valence-corrected chi connectivity index (χ4v) is 2.63. The molecule has 0 bridgehead atoms. The average Bonchev–Trinajstić information content (AvgIpc) is 2.71. The Morgan fingerprint density at radius 1 is 1.38 bits per heavy atom. The lowest BCUT2D eigenvalue weighted by Gasteiger charge is -2.46. The number of aryl methyl sites for hydroxylation is 2. The summed E-state index contributed by atoms with van der Waals surface area (Å²) in [6, 6.07) is 4.30. The predicted molar refractivity (Wildman–Crippen MR) is 63.7 cm³/mol. The molecule has 1 aromatic heterocycles. The van der Waals surface area contributed by atoms with Gasteiger partial charge in [0.25, 0.3) is 0 Å². The van der Waals surface area contributed by atoms with Gasteiger partial charge in [-0.3, -0.25) is 0 Å². The van der Waals surface area contributed by atoms with Crippen molar-refractivity contribution in [1.29, 1.82) is 0 Å². The van der Waals surface area contributed by atoms with E-state index in [2.05, 4.69) is 22.0 Å². The molecule has 2 heterocycles. The lowest BCUT2D eigenvalue weighted by Crippen LogP contribution is -2.61. The van der Waals surface area contributed by atoms with Gasteiger partial charge in [-0.05, 0) is 37.3 Å². The van der Waals surface area contributed by atoms with Gasteiger partial charge >= 0.3 is 0 Å².